The highest BCUT2D eigenvalue weighted by molar-refractivity contribution is 7.89. The van der Waals surface area contributed by atoms with E-state index in [1.54, 1.807) is 12.1 Å². The minimum absolute atomic E-state index is 0.0318. The second-order valence-corrected chi connectivity index (χ2v) is 10.5. The van der Waals surface area contributed by atoms with Gasteiger partial charge in [0.2, 0.25) is 21.8 Å². The zero-order chi connectivity index (χ0) is 20.7. The van der Waals surface area contributed by atoms with Gasteiger partial charge in [0.05, 0.1) is 4.90 Å². The molecule has 8 heteroatoms. The standard InChI is InChI=1S/C20H29N3O4S/c1-13-11-15-12-16(7-8-17(15)23(13)19(25)14-5-6-14)28(26,27)21-10-9-18(24)22-20(2,3)4/h7-8,12-14,21H,5-6,9-11H2,1-4H3,(H,22,24). The number of benzene rings is 1. The number of nitrogens with zero attached hydrogens (tertiary/aromatic N) is 1. The van der Waals surface area contributed by atoms with Crippen molar-refractivity contribution < 1.29 is 18.0 Å². The lowest BCUT2D eigenvalue weighted by atomic mass is 10.1. The predicted molar refractivity (Wildman–Crippen MR) is 108 cm³/mol. The molecule has 1 atom stereocenters. The quantitative estimate of drug-likeness (QED) is 0.753. The molecule has 3 rings (SSSR count). The van der Waals surface area contributed by atoms with Crippen LogP contribution in [0, 0.1) is 5.92 Å². The Morgan fingerprint density at radius 1 is 1.21 bits per heavy atom. The van der Waals surface area contributed by atoms with Gasteiger partial charge in [-0.3, -0.25) is 9.59 Å². The molecule has 1 saturated carbocycles. The third kappa shape index (κ3) is 4.72. The van der Waals surface area contributed by atoms with Gasteiger partial charge in [0.15, 0.2) is 0 Å². The SMILES string of the molecule is CC1Cc2cc(S(=O)(=O)NCCC(=O)NC(C)(C)C)ccc2N1C(=O)C1CC1. The van der Waals surface area contributed by atoms with Crippen LogP contribution in [-0.4, -0.2) is 38.4 Å². The number of sulfonamides is 1. The normalized spacial score (nSPS) is 19.4. The fourth-order valence-electron chi connectivity index (χ4n) is 3.50. The molecule has 0 radical (unpaired) electrons. The Labute approximate surface area is 166 Å². The zero-order valence-corrected chi connectivity index (χ0v) is 17.7. The van der Waals surface area contributed by atoms with Gasteiger partial charge in [-0.05, 0) is 70.7 Å². The number of hydrogen-bond donors (Lipinski definition) is 2. The molecule has 7 nitrogen and oxygen atoms in total. The van der Waals surface area contributed by atoms with E-state index in [4.69, 9.17) is 0 Å². The Balaban J connectivity index is 1.66. The van der Waals surface area contributed by atoms with E-state index < -0.39 is 10.0 Å². The number of rotatable bonds is 6. The van der Waals surface area contributed by atoms with Gasteiger partial charge in [0.25, 0.3) is 0 Å². The number of nitrogens with one attached hydrogen (secondary N) is 2. The van der Waals surface area contributed by atoms with E-state index in [-0.39, 0.29) is 47.2 Å². The van der Waals surface area contributed by atoms with Crippen LogP contribution in [0.2, 0.25) is 0 Å². The maximum absolute atomic E-state index is 12.6. The van der Waals surface area contributed by atoms with E-state index in [1.807, 2.05) is 32.6 Å². The molecule has 2 N–H and O–H groups in total. The number of carbonyl (C=O) groups is 2. The average molecular weight is 408 g/mol. The van der Waals surface area contributed by atoms with E-state index in [0.717, 1.165) is 24.1 Å². The van der Waals surface area contributed by atoms with Crippen LogP contribution < -0.4 is 14.9 Å². The van der Waals surface area contributed by atoms with Crippen molar-refractivity contribution in [3.63, 3.8) is 0 Å². The highest BCUT2D eigenvalue weighted by Gasteiger charge is 2.39. The first kappa shape index (κ1) is 20.8. The van der Waals surface area contributed by atoms with E-state index in [1.165, 1.54) is 6.07 Å². The molecule has 0 saturated heterocycles. The maximum atomic E-state index is 12.6. The Kier molecular flexibility index (Phi) is 5.55. The summed E-state index contributed by atoms with van der Waals surface area (Å²) in [5.41, 5.74) is 1.33. The van der Waals surface area contributed by atoms with Crippen LogP contribution in [0.4, 0.5) is 5.69 Å². The number of anilines is 1. The van der Waals surface area contributed by atoms with Gasteiger partial charge in [0, 0.05) is 36.2 Å². The molecular weight excluding hydrogens is 378 g/mol. The molecule has 0 aromatic heterocycles. The summed E-state index contributed by atoms with van der Waals surface area (Å²) in [5.74, 6) is 0.0646. The molecule has 154 valence electrons. The van der Waals surface area contributed by atoms with Crippen molar-refractivity contribution in [1.29, 1.82) is 0 Å². The fourth-order valence-corrected chi connectivity index (χ4v) is 4.58. The lowest BCUT2D eigenvalue weighted by Crippen LogP contribution is -2.41. The lowest BCUT2D eigenvalue weighted by molar-refractivity contribution is -0.122. The minimum atomic E-state index is -3.71. The first-order chi connectivity index (χ1) is 13.0. The fraction of sp³-hybridized carbons (Fsp3) is 0.600. The first-order valence-corrected chi connectivity index (χ1v) is 11.2. The van der Waals surface area contributed by atoms with E-state index in [2.05, 4.69) is 10.0 Å². The van der Waals surface area contributed by atoms with E-state index in [9.17, 15) is 18.0 Å². The highest BCUT2D eigenvalue weighted by Crippen LogP contribution is 2.39. The van der Waals surface area contributed by atoms with Crippen molar-refractivity contribution in [3.05, 3.63) is 23.8 Å². The number of fused-ring (bicyclic) bond motifs is 1. The van der Waals surface area contributed by atoms with Gasteiger partial charge in [-0.25, -0.2) is 13.1 Å². The highest BCUT2D eigenvalue weighted by atomic mass is 32.2. The second kappa shape index (κ2) is 7.48. The number of amides is 2. The molecule has 1 unspecified atom stereocenters. The molecule has 2 aliphatic rings. The number of hydrogen-bond acceptors (Lipinski definition) is 4. The average Bonchev–Trinajstić information content (AvgIpc) is 3.34. The third-order valence-corrected chi connectivity index (χ3v) is 6.36. The summed E-state index contributed by atoms with van der Waals surface area (Å²) in [6.07, 6.45) is 2.60. The summed E-state index contributed by atoms with van der Waals surface area (Å²) < 4.78 is 27.7. The van der Waals surface area contributed by atoms with Gasteiger partial charge in [-0.2, -0.15) is 0 Å². The third-order valence-electron chi connectivity index (χ3n) is 4.90. The van der Waals surface area contributed by atoms with Crippen LogP contribution >= 0.6 is 0 Å². The van der Waals surface area contributed by atoms with Crippen molar-refractivity contribution >= 4 is 27.5 Å². The van der Waals surface area contributed by atoms with Crippen molar-refractivity contribution in [2.75, 3.05) is 11.4 Å². The lowest BCUT2D eigenvalue weighted by Gasteiger charge is -2.22. The Bertz CT molecular complexity index is 885. The molecule has 0 bridgehead atoms. The summed E-state index contributed by atoms with van der Waals surface area (Å²) in [4.78, 5) is 26.3. The molecule has 1 aliphatic carbocycles. The van der Waals surface area contributed by atoms with Gasteiger partial charge in [-0.1, -0.05) is 0 Å². The summed E-state index contributed by atoms with van der Waals surface area (Å²) in [6, 6.07) is 4.93. The van der Waals surface area contributed by atoms with Gasteiger partial charge >= 0.3 is 0 Å². The molecule has 1 aromatic carbocycles. The minimum Gasteiger partial charge on any atom is -0.351 e. The van der Waals surface area contributed by atoms with Crippen molar-refractivity contribution in [1.82, 2.24) is 10.0 Å². The molecular formula is C20H29N3O4S. The monoisotopic (exact) mass is 407 g/mol. The predicted octanol–water partition coefficient (Wildman–Crippen LogP) is 1.96. The van der Waals surface area contributed by atoms with Crippen molar-refractivity contribution in [3.8, 4) is 0 Å². The summed E-state index contributed by atoms with van der Waals surface area (Å²) in [6.45, 7) is 7.64. The topological polar surface area (TPSA) is 95.6 Å². The summed E-state index contributed by atoms with van der Waals surface area (Å²) >= 11 is 0. The molecule has 1 aromatic rings. The van der Waals surface area contributed by atoms with Crippen LogP contribution in [0.5, 0.6) is 0 Å². The molecule has 28 heavy (non-hydrogen) atoms. The molecule has 1 heterocycles. The van der Waals surface area contributed by atoms with Crippen molar-refractivity contribution in [2.24, 2.45) is 5.92 Å². The smallest absolute Gasteiger partial charge is 0.240 e. The largest absolute Gasteiger partial charge is 0.351 e. The van der Waals surface area contributed by atoms with Gasteiger partial charge in [-0.15, -0.1) is 0 Å². The molecule has 1 aliphatic heterocycles. The van der Waals surface area contributed by atoms with Crippen LogP contribution in [0.15, 0.2) is 23.1 Å². The Morgan fingerprint density at radius 3 is 2.50 bits per heavy atom. The van der Waals surface area contributed by atoms with Crippen LogP contribution in [0.1, 0.15) is 52.5 Å². The summed E-state index contributed by atoms with van der Waals surface area (Å²) in [5, 5.41) is 2.80. The van der Waals surface area contributed by atoms with Gasteiger partial charge in [0.1, 0.15) is 0 Å². The van der Waals surface area contributed by atoms with Crippen LogP contribution in [0.25, 0.3) is 0 Å². The van der Waals surface area contributed by atoms with Gasteiger partial charge < -0.3 is 10.2 Å². The molecule has 0 spiro atoms. The molecule has 2 amide bonds. The molecule has 1 fully saturated rings. The van der Waals surface area contributed by atoms with Crippen molar-refractivity contribution in [2.45, 2.75) is 69.9 Å². The van der Waals surface area contributed by atoms with E-state index in [0.29, 0.717) is 6.42 Å². The summed E-state index contributed by atoms with van der Waals surface area (Å²) in [7, 11) is -3.71. The van der Waals surface area contributed by atoms with E-state index >= 15 is 0 Å². The number of carbonyl (C=O) groups excluding carboxylic acids is 2. The van der Waals surface area contributed by atoms with Crippen LogP contribution in [0.3, 0.4) is 0 Å². The zero-order valence-electron chi connectivity index (χ0n) is 16.9. The first-order valence-electron chi connectivity index (χ1n) is 9.74. The van der Waals surface area contributed by atoms with Crippen LogP contribution in [-0.2, 0) is 26.0 Å². The maximum Gasteiger partial charge on any atom is 0.240 e. The second-order valence-electron chi connectivity index (χ2n) is 8.77. The Morgan fingerprint density at radius 2 is 1.89 bits per heavy atom. The Hall–Kier alpha value is -1.93.